The topological polar surface area (TPSA) is 27.7 Å². The van der Waals surface area contributed by atoms with Gasteiger partial charge in [-0.3, -0.25) is 5.43 Å². The maximum absolute atomic E-state index is 11.7. The first-order valence-corrected chi connectivity index (χ1v) is 5.29. The summed E-state index contributed by atoms with van der Waals surface area (Å²) in [6, 6.07) is 0. The van der Waals surface area contributed by atoms with Crippen molar-refractivity contribution in [2.45, 2.75) is 6.18 Å². The van der Waals surface area contributed by atoms with Gasteiger partial charge in [-0.25, -0.2) is 5.01 Å². The van der Waals surface area contributed by atoms with E-state index in [1.54, 1.807) is 0 Å². The monoisotopic (exact) mass is 241 g/mol. The Bertz CT molecular complexity index is 193. The number of nitrogens with zero attached hydrogens (tertiary/aromatic N) is 2. The van der Waals surface area contributed by atoms with Crippen LogP contribution in [-0.2, 0) is 4.74 Å². The molecule has 96 valence electrons. The molecule has 0 radical (unpaired) electrons. The molecule has 1 aliphatic rings. The molecular formula is C9H18F3N3O. The smallest absolute Gasteiger partial charge is 0.371 e. The zero-order chi connectivity index (χ0) is 12.0. The van der Waals surface area contributed by atoms with Gasteiger partial charge in [0.15, 0.2) is 0 Å². The minimum atomic E-state index is -4.23. The van der Waals surface area contributed by atoms with Crippen molar-refractivity contribution in [2.24, 2.45) is 0 Å². The van der Waals surface area contributed by atoms with Crippen molar-refractivity contribution in [3.8, 4) is 0 Å². The molecule has 1 saturated heterocycles. The quantitative estimate of drug-likeness (QED) is 0.701. The molecule has 1 heterocycles. The minimum Gasteiger partial charge on any atom is -0.371 e. The lowest BCUT2D eigenvalue weighted by molar-refractivity contribution is -0.173. The standard InChI is InChI=1S/C9H18F3N3O/c1-14-3-5-15(6-4-14)13-2-7-16-8-9(10,11)12/h13H,2-8H2,1H3. The van der Waals surface area contributed by atoms with Gasteiger partial charge >= 0.3 is 6.18 Å². The van der Waals surface area contributed by atoms with Crippen LogP contribution in [0.25, 0.3) is 0 Å². The van der Waals surface area contributed by atoms with Gasteiger partial charge in [0.25, 0.3) is 0 Å². The van der Waals surface area contributed by atoms with Crippen LogP contribution < -0.4 is 5.43 Å². The number of piperazine rings is 1. The highest BCUT2D eigenvalue weighted by Crippen LogP contribution is 2.13. The van der Waals surface area contributed by atoms with E-state index in [0.29, 0.717) is 6.54 Å². The van der Waals surface area contributed by atoms with Crippen molar-refractivity contribution >= 4 is 0 Å². The van der Waals surface area contributed by atoms with Crippen molar-refractivity contribution in [3.63, 3.8) is 0 Å². The largest absolute Gasteiger partial charge is 0.411 e. The summed E-state index contributed by atoms with van der Waals surface area (Å²) >= 11 is 0. The van der Waals surface area contributed by atoms with Crippen molar-refractivity contribution in [1.29, 1.82) is 0 Å². The lowest BCUT2D eigenvalue weighted by atomic mass is 10.4. The molecule has 0 unspecified atom stereocenters. The van der Waals surface area contributed by atoms with Crippen molar-refractivity contribution in [2.75, 3.05) is 53.0 Å². The van der Waals surface area contributed by atoms with Gasteiger partial charge in [0.1, 0.15) is 6.61 Å². The first-order chi connectivity index (χ1) is 7.47. The van der Waals surface area contributed by atoms with Crippen LogP contribution in [-0.4, -0.2) is 69.1 Å². The number of hydrazine groups is 1. The number of likely N-dealkylation sites (N-methyl/N-ethyl adjacent to an activating group) is 1. The Balaban J connectivity index is 1.95. The van der Waals surface area contributed by atoms with E-state index in [-0.39, 0.29) is 6.61 Å². The van der Waals surface area contributed by atoms with Gasteiger partial charge in [0, 0.05) is 32.7 Å². The van der Waals surface area contributed by atoms with Crippen LogP contribution in [0.5, 0.6) is 0 Å². The molecule has 0 saturated carbocycles. The third kappa shape index (κ3) is 6.26. The molecule has 1 N–H and O–H groups in total. The SMILES string of the molecule is CN1CCN(NCCOCC(F)(F)F)CC1. The van der Waals surface area contributed by atoms with Crippen LogP contribution in [0.3, 0.4) is 0 Å². The van der Waals surface area contributed by atoms with Crippen LogP contribution in [0.15, 0.2) is 0 Å². The van der Waals surface area contributed by atoms with E-state index < -0.39 is 12.8 Å². The molecular weight excluding hydrogens is 223 g/mol. The Kier molecular flexibility index (Phi) is 5.47. The molecule has 0 aliphatic carbocycles. The second kappa shape index (κ2) is 6.39. The summed E-state index contributed by atoms with van der Waals surface area (Å²) in [4.78, 5) is 2.21. The maximum atomic E-state index is 11.7. The van der Waals surface area contributed by atoms with Crippen molar-refractivity contribution in [1.82, 2.24) is 15.3 Å². The van der Waals surface area contributed by atoms with Crippen LogP contribution in [0, 0.1) is 0 Å². The lowest BCUT2D eigenvalue weighted by Gasteiger charge is -2.32. The van der Waals surface area contributed by atoms with E-state index in [2.05, 4.69) is 15.1 Å². The summed E-state index contributed by atoms with van der Waals surface area (Å²) in [7, 11) is 2.05. The van der Waals surface area contributed by atoms with E-state index in [1.807, 2.05) is 12.1 Å². The molecule has 7 heteroatoms. The van der Waals surface area contributed by atoms with Crippen molar-refractivity contribution < 1.29 is 17.9 Å². The number of hydrogen-bond donors (Lipinski definition) is 1. The Morgan fingerprint density at radius 1 is 1.19 bits per heavy atom. The number of alkyl halides is 3. The van der Waals surface area contributed by atoms with Gasteiger partial charge in [0.05, 0.1) is 6.61 Å². The van der Waals surface area contributed by atoms with Gasteiger partial charge in [-0.2, -0.15) is 13.2 Å². The van der Waals surface area contributed by atoms with Crippen LogP contribution in [0.1, 0.15) is 0 Å². The summed E-state index contributed by atoms with van der Waals surface area (Å²) < 4.78 is 39.6. The van der Waals surface area contributed by atoms with Gasteiger partial charge in [-0.05, 0) is 7.05 Å². The molecule has 0 aromatic carbocycles. The third-order valence-electron chi connectivity index (χ3n) is 2.35. The summed E-state index contributed by atoms with van der Waals surface area (Å²) in [6.45, 7) is 3.03. The number of hydrogen-bond acceptors (Lipinski definition) is 4. The third-order valence-corrected chi connectivity index (χ3v) is 2.35. The van der Waals surface area contributed by atoms with Gasteiger partial charge < -0.3 is 9.64 Å². The molecule has 16 heavy (non-hydrogen) atoms. The minimum absolute atomic E-state index is 0.0752. The molecule has 0 spiro atoms. The Morgan fingerprint density at radius 2 is 1.81 bits per heavy atom. The first kappa shape index (κ1) is 13.7. The predicted molar refractivity (Wildman–Crippen MR) is 53.9 cm³/mol. The van der Waals surface area contributed by atoms with Crippen LogP contribution >= 0.6 is 0 Å². The Morgan fingerprint density at radius 3 is 2.38 bits per heavy atom. The molecule has 4 nitrogen and oxygen atoms in total. The molecule has 0 aromatic rings. The fraction of sp³-hybridized carbons (Fsp3) is 1.00. The number of rotatable bonds is 5. The highest BCUT2D eigenvalue weighted by atomic mass is 19.4. The van der Waals surface area contributed by atoms with E-state index in [0.717, 1.165) is 26.2 Å². The van der Waals surface area contributed by atoms with Crippen LogP contribution in [0.2, 0.25) is 0 Å². The average Bonchev–Trinajstić information content (AvgIpc) is 2.19. The van der Waals surface area contributed by atoms with Gasteiger partial charge in [-0.1, -0.05) is 0 Å². The highest BCUT2D eigenvalue weighted by molar-refractivity contribution is 4.65. The van der Waals surface area contributed by atoms with Gasteiger partial charge in [-0.15, -0.1) is 0 Å². The fourth-order valence-corrected chi connectivity index (χ4v) is 1.43. The fourth-order valence-electron chi connectivity index (χ4n) is 1.43. The van der Waals surface area contributed by atoms with Crippen molar-refractivity contribution in [3.05, 3.63) is 0 Å². The molecule has 1 rings (SSSR count). The molecule has 0 bridgehead atoms. The molecule has 1 fully saturated rings. The molecule has 1 aliphatic heterocycles. The van der Waals surface area contributed by atoms with E-state index in [9.17, 15) is 13.2 Å². The molecule has 0 amide bonds. The van der Waals surface area contributed by atoms with Gasteiger partial charge in [0.2, 0.25) is 0 Å². The van der Waals surface area contributed by atoms with E-state index >= 15 is 0 Å². The lowest BCUT2D eigenvalue weighted by Crippen LogP contribution is -2.51. The van der Waals surface area contributed by atoms with E-state index in [4.69, 9.17) is 0 Å². The predicted octanol–water partition coefficient (Wildman–Crippen LogP) is 0.317. The molecule has 0 atom stereocenters. The summed E-state index contributed by atoms with van der Waals surface area (Å²) in [5.41, 5.74) is 3.04. The second-order valence-electron chi connectivity index (χ2n) is 3.87. The Labute approximate surface area is 93.3 Å². The zero-order valence-corrected chi connectivity index (χ0v) is 9.39. The zero-order valence-electron chi connectivity index (χ0n) is 9.39. The number of ether oxygens (including phenoxy) is 1. The van der Waals surface area contributed by atoms with E-state index in [1.165, 1.54) is 0 Å². The average molecular weight is 241 g/mol. The molecule has 0 aromatic heterocycles. The summed E-state index contributed by atoms with van der Waals surface area (Å²) in [5, 5.41) is 2.01. The highest BCUT2D eigenvalue weighted by Gasteiger charge is 2.27. The normalized spacial score (nSPS) is 20.2. The summed E-state index contributed by atoms with van der Waals surface area (Å²) in [6.07, 6.45) is -4.23. The Hall–Kier alpha value is -0.370. The number of halogens is 3. The maximum Gasteiger partial charge on any atom is 0.411 e. The second-order valence-corrected chi connectivity index (χ2v) is 3.87. The number of nitrogens with one attached hydrogen (secondary N) is 1. The summed E-state index contributed by atoms with van der Waals surface area (Å²) in [5.74, 6) is 0. The van der Waals surface area contributed by atoms with Crippen LogP contribution in [0.4, 0.5) is 13.2 Å². The first-order valence-electron chi connectivity index (χ1n) is 5.29.